The number of nitrogens with zero attached hydrogens (tertiary/aromatic N) is 3. The van der Waals surface area contributed by atoms with Crippen LogP contribution >= 0.6 is 0 Å². The topological polar surface area (TPSA) is 32.6 Å². The van der Waals surface area contributed by atoms with Crippen LogP contribution in [0.3, 0.4) is 0 Å². The van der Waals surface area contributed by atoms with Crippen LogP contribution in [0, 0.1) is 6.92 Å². The molecule has 0 bridgehead atoms. The molecule has 0 radical (unpaired) electrons. The number of aromatic nitrogens is 2. The molecular formula is C11H16N4. The van der Waals surface area contributed by atoms with Gasteiger partial charge in [0.25, 0.3) is 0 Å². The van der Waals surface area contributed by atoms with Gasteiger partial charge in [0.15, 0.2) is 0 Å². The van der Waals surface area contributed by atoms with Crippen molar-refractivity contribution in [1.82, 2.24) is 19.8 Å². The Kier molecular flexibility index (Phi) is 2.70. The molecule has 0 spiro atoms. The first-order valence-corrected chi connectivity index (χ1v) is 5.02. The summed E-state index contributed by atoms with van der Waals surface area (Å²) in [6.45, 7) is 2.92. The molecule has 4 heteroatoms. The highest BCUT2D eigenvalue weighted by atomic mass is 15.5. The van der Waals surface area contributed by atoms with Crippen LogP contribution in [0.5, 0.6) is 0 Å². The monoisotopic (exact) mass is 204 g/mol. The molecule has 4 nitrogen and oxygen atoms in total. The summed E-state index contributed by atoms with van der Waals surface area (Å²) in [4.78, 5) is 4.36. The fourth-order valence-corrected chi connectivity index (χ4v) is 1.58. The number of aryl methyl sites for hydroxylation is 1. The first kappa shape index (κ1) is 10.1. The third kappa shape index (κ3) is 2.00. The van der Waals surface area contributed by atoms with Gasteiger partial charge in [0.05, 0.1) is 18.4 Å². The van der Waals surface area contributed by atoms with Crippen LogP contribution in [0.15, 0.2) is 24.5 Å². The molecule has 0 aromatic carbocycles. The van der Waals surface area contributed by atoms with Crippen molar-refractivity contribution in [3.05, 3.63) is 35.8 Å². The fourth-order valence-electron chi connectivity index (χ4n) is 1.58. The van der Waals surface area contributed by atoms with E-state index in [9.17, 15) is 0 Å². The van der Waals surface area contributed by atoms with Gasteiger partial charge in [-0.3, -0.25) is 5.43 Å². The zero-order valence-corrected chi connectivity index (χ0v) is 9.36. The minimum absolute atomic E-state index is 0.834. The molecule has 0 unspecified atom stereocenters. The number of fused-ring (bicyclic) bond motifs is 1. The van der Waals surface area contributed by atoms with Gasteiger partial charge in [-0.05, 0) is 25.6 Å². The van der Waals surface area contributed by atoms with Crippen molar-refractivity contribution in [1.29, 1.82) is 0 Å². The third-order valence-electron chi connectivity index (χ3n) is 2.51. The number of hydrazine groups is 1. The minimum atomic E-state index is 0.834. The minimum Gasteiger partial charge on any atom is -0.302 e. The largest absolute Gasteiger partial charge is 0.302 e. The van der Waals surface area contributed by atoms with Crippen molar-refractivity contribution >= 4 is 5.65 Å². The maximum absolute atomic E-state index is 4.36. The van der Waals surface area contributed by atoms with Gasteiger partial charge in [-0.1, -0.05) is 6.07 Å². The van der Waals surface area contributed by atoms with E-state index in [4.69, 9.17) is 0 Å². The van der Waals surface area contributed by atoms with E-state index in [-0.39, 0.29) is 0 Å². The second-order valence-corrected chi connectivity index (χ2v) is 3.76. The lowest BCUT2D eigenvalue weighted by atomic mass is 10.3. The van der Waals surface area contributed by atoms with Crippen LogP contribution in [0.2, 0.25) is 0 Å². The van der Waals surface area contributed by atoms with E-state index in [1.54, 1.807) is 0 Å². The van der Waals surface area contributed by atoms with Gasteiger partial charge >= 0.3 is 0 Å². The van der Waals surface area contributed by atoms with Crippen LogP contribution < -0.4 is 5.43 Å². The van der Waals surface area contributed by atoms with Crippen molar-refractivity contribution in [2.75, 3.05) is 14.1 Å². The lowest BCUT2D eigenvalue weighted by molar-refractivity contribution is 0.248. The number of hydrogen-bond donors (Lipinski definition) is 1. The van der Waals surface area contributed by atoms with Gasteiger partial charge in [0.2, 0.25) is 0 Å². The Morgan fingerprint density at radius 1 is 1.47 bits per heavy atom. The van der Waals surface area contributed by atoms with Crippen LogP contribution in [-0.4, -0.2) is 28.5 Å². The Balaban J connectivity index is 2.39. The fraction of sp³-hybridized carbons (Fsp3) is 0.364. The van der Waals surface area contributed by atoms with Crippen LogP contribution in [0.25, 0.3) is 5.65 Å². The second-order valence-electron chi connectivity index (χ2n) is 3.76. The van der Waals surface area contributed by atoms with Crippen molar-refractivity contribution in [3.8, 4) is 0 Å². The van der Waals surface area contributed by atoms with Gasteiger partial charge in [-0.15, -0.1) is 0 Å². The summed E-state index contributed by atoms with van der Waals surface area (Å²) in [7, 11) is 3.92. The van der Waals surface area contributed by atoms with Crippen molar-refractivity contribution in [2.24, 2.45) is 0 Å². The van der Waals surface area contributed by atoms with E-state index in [2.05, 4.69) is 34.0 Å². The first-order valence-electron chi connectivity index (χ1n) is 5.02. The summed E-state index contributed by atoms with van der Waals surface area (Å²) in [5, 5.41) is 2.02. The van der Waals surface area contributed by atoms with E-state index in [0.29, 0.717) is 0 Å². The lowest BCUT2D eigenvalue weighted by Gasteiger charge is -2.14. The normalized spacial score (nSPS) is 11.5. The lowest BCUT2D eigenvalue weighted by Crippen LogP contribution is -2.30. The Labute approximate surface area is 89.5 Å². The zero-order chi connectivity index (χ0) is 10.8. The van der Waals surface area contributed by atoms with Crippen LogP contribution in [0.1, 0.15) is 11.3 Å². The number of rotatable bonds is 3. The van der Waals surface area contributed by atoms with E-state index in [0.717, 1.165) is 12.2 Å². The number of imidazole rings is 1. The summed E-state index contributed by atoms with van der Waals surface area (Å²) in [6, 6.07) is 4.12. The van der Waals surface area contributed by atoms with Gasteiger partial charge in [-0.25, -0.2) is 9.99 Å². The highest BCUT2D eigenvalue weighted by Gasteiger charge is 2.04. The molecule has 15 heavy (non-hydrogen) atoms. The summed E-state index contributed by atoms with van der Waals surface area (Å²) in [5.41, 5.74) is 6.50. The number of pyridine rings is 1. The molecule has 2 rings (SSSR count). The summed E-state index contributed by atoms with van der Waals surface area (Å²) in [6.07, 6.45) is 4.03. The number of nitrogens with one attached hydrogen (secondary N) is 1. The Morgan fingerprint density at radius 2 is 2.27 bits per heavy atom. The second kappa shape index (κ2) is 4.00. The van der Waals surface area contributed by atoms with Gasteiger partial charge < -0.3 is 4.40 Å². The van der Waals surface area contributed by atoms with Gasteiger partial charge in [0.1, 0.15) is 5.65 Å². The molecule has 0 aliphatic rings. The average Bonchev–Trinajstić information content (AvgIpc) is 2.61. The van der Waals surface area contributed by atoms with Crippen molar-refractivity contribution < 1.29 is 0 Å². The van der Waals surface area contributed by atoms with Crippen molar-refractivity contribution in [2.45, 2.75) is 13.5 Å². The molecule has 0 amide bonds. The van der Waals surface area contributed by atoms with Crippen molar-refractivity contribution in [3.63, 3.8) is 0 Å². The molecule has 1 N–H and O–H groups in total. The van der Waals surface area contributed by atoms with E-state index < -0.39 is 0 Å². The SMILES string of the molecule is CNN(C)Cc1cnc2ccc(C)cn12. The summed E-state index contributed by atoms with van der Waals surface area (Å²) < 4.78 is 2.13. The predicted molar refractivity (Wildman–Crippen MR) is 60.5 cm³/mol. The van der Waals surface area contributed by atoms with Gasteiger partial charge in [-0.2, -0.15) is 0 Å². The summed E-state index contributed by atoms with van der Waals surface area (Å²) in [5.74, 6) is 0. The molecule has 2 aromatic heterocycles. The highest BCUT2D eigenvalue weighted by molar-refractivity contribution is 5.41. The maximum atomic E-state index is 4.36. The highest BCUT2D eigenvalue weighted by Crippen LogP contribution is 2.09. The van der Waals surface area contributed by atoms with Crippen LogP contribution in [-0.2, 0) is 6.54 Å². The number of hydrogen-bond acceptors (Lipinski definition) is 3. The zero-order valence-electron chi connectivity index (χ0n) is 9.36. The molecule has 0 saturated heterocycles. The molecule has 0 atom stereocenters. The first-order chi connectivity index (χ1) is 7.20. The molecule has 80 valence electrons. The standard InChI is InChI=1S/C11H16N4/c1-9-4-5-11-13-6-10(15(11)7-9)8-14(3)12-2/h4-7,12H,8H2,1-3H3. The Bertz CT molecular complexity index is 461. The molecule has 0 saturated carbocycles. The van der Waals surface area contributed by atoms with Crippen LogP contribution in [0.4, 0.5) is 0 Å². The maximum Gasteiger partial charge on any atom is 0.136 e. The molecule has 0 aliphatic carbocycles. The molecule has 0 fully saturated rings. The van der Waals surface area contributed by atoms with E-state index >= 15 is 0 Å². The average molecular weight is 204 g/mol. The molecule has 2 aromatic rings. The Morgan fingerprint density at radius 3 is 3.00 bits per heavy atom. The quantitative estimate of drug-likeness (QED) is 0.763. The molecule has 2 heterocycles. The van der Waals surface area contributed by atoms with Gasteiger partial charge in [0, 0.05) is 13.2 Å². The summed E-state index contributed by atoms with van der Waals surface area (Å²) >= 11 is 0. The predicted octanol–water partition coefficient (Wildman–Crippen LogP) is 1.21. The molecular weight excluding hydrogens is 188 g/mol. The third-order valence-corrected chi connectivity index (χ3v) is 2.51. The molecule has 0 aliphatic heterocycles. The van der Waals surface area contributed by atoms with E-state index in [1.807, 2.05) is 31.4 Å². The smallest absolute Gasteiger partial charge is 0.136 e. The van der Waals surface area contributed by atoms with E-state index in [1.165, 1.54) is 11.3 Å². The Hall–Kier alpha value is -1.39.